The number of ether oxygens (including phenoxy) is 1. The fourth-order valence-corrected chi connectivity index (χ4v) is 3.17. The highest BCUT2D eigenvalue weighted by Gasteiger charge is 2.26. The quantitative estimate of drug-likeness (QED) is 0.877. The summed E-state index contributed by atoms with van der Waals surface area (Å²) in [4.78, 5) is 35.6. The summed E-state index contributed by atoms with van der Waals surface area (Å²) in [6.07, 6.45) is 5.94. The SMILES string of the molecule is COc1cccc([C@H](C)NC(=O)c2nccnc2C(=O)N2CCCCC2)c1. The summed E-state index contributed by atoms with van der Waals surface area (Å²) in [5.74, 6) is 0.0647. The van der Waals surface area contributed by atoms with Gasteiger partial charge >= 0.3 is 0 Å². The average molecular weight is 368 g/mol. The second-order valence-electron chi connectivity index (χ2n) is 6.58. The molecule has 1 aromatic carbocycles. The number of rotatable bonds is 5. The Morgan fingerprint density at radius 2 is 1.81 bits per heavy atom. The topological polar surface area (TPSA) is 84.4 Å². The molecule has 0 radical (unpaired) electrons. The van der Waals surface area contributed by atoms with Crippen molar-refractivity contribution in [2.24, 2.45) is 0 Å². The maximum atomic E-state index is 12.8. The number of amides is 2. The van der Waals surface area contributed by atoms with E-state index in [2.05, 4.69) is 15.3 Å². The van der Waals surface area contributed by atoms with Gasteiger partial charge in [0.25, 0.3) is 11.8 Å². The number of benzene rings is 1. The zero-order chi connectivity index (χ0) is 19.2. The number of hydrogen-bond acceptors (Lipinski definition) is 5. The number of hydrogen-bond donors (Lipinski definition) is 1. The minimum Gasteiger partial charge on any atom is -0.497 e. The van der Waals surface area contributed by atoms with E-state index in [1.807, 2.05) is 31.2 Å². The van der Waals surface area contributed by atoms with Crippen molar-refractivity contribution in [3.63, 3.8) is 0 Å². The van der Waals surface area contributed by atoms with Crippen LogP contribution in [0.3, 0.4) is 0 Å². The molecule has 0 aliphatic carbocycles. The first-order chi connectivity index (χ1) is 13.1. The normalized spacial score (nSPS) is 15.1. The highest BCUT2D eigenvalue weighted by molar-refractivity contribution is 6.04. The molecule has 2 amide bonds. The molecule has 1 saturated heterocycles. The molecule has 1 fully saturated rings. The average Bonchev–Trinajstić information content (AvgIpc) is 2.73. The van der Waals surface area contributed by atoms with Gasteiger partial charge in [0, 0.05) is 25.5 Å². The van der Waals surface area contributed by atoms with Crippen LogP contribution in [0.25, 0.3) is 0 Å². The first kappa shape index (κ1) is 18.8. The van der Waals surface area contributed by atoms with Gasteiger partial charge < -0.3 is 15.0 Å². The zero-order valence-corrected chi connectivity index (χ0v) is 15.6. The molecule has 1 atom stereocenters. The maximum Gasteiger partial charge on any atom is 0.274 e. The summed E-state index contributed by atoms with van der Waals surface area (Å²) in [7, 11) is 1.60. The van der Waals surface area contributed by atoms with Crippen LogP contribution < -0.4 is 10.1 Å². The van der Waals surface area contributed by atoms with Crippen molar-refractivity contribution < 1.29 is 14.3 Å². The molecule has 1 aromatic heterocycles. The molecular formula is C20H24N4O3. The number of nitrogens with one attached hydrogen (secondary N) is 1. The Labute approximate surface area is 158 Å². The number of piperidine rings is 1. The standard InChI is InChI=1S/C20H24N4O3/c1-14(15-7-6-8-16(13-15)27-2)23-19(25)17-18(22-10-9-21-17)20(26)24-11-4-3-5-12-24/h6-10,13-14H,3-5,11-12H2,1-2H3,(H,23,25)/t14-/m0/s1. The van der Waals surface area contributed by atoms with Crippen LogP contribution in [0.15, 0.2) is 36.7 Å². The number of carbonyl (C=O) groups excluding carboxylic acids is 2. The smallest absolute Gasteiger partial charge is 0.274 e. The molecule has 3 rings (SSSR count). The van der Waals surface area contributed by atoms with Crippen molar-refractivity contribution in [2.75, 3.05) is 20.2 Å². The van der Waals surface area contributed by atoms with Crippen molar-refractivity contribution >= 4 is 11.8 Å². The van der Waals surface area contributed by atoms with Crippen molar-refractivity contribution in [1.29, 1.82) is 0 Å². The Morgan fingerprint density at radius 1 is 1.11 bits per heavy atom. The molecule has 7 nitrogen and oxygen atoms in total. The fourth-order valence-electron chi connectivity index (χ4n) is 3.17. The van der Waals surface area contributed by atoms with E-state index in [4.69, 9.17) is 4.74 Å². The van der Waals surface area contributed by atoms with Gasteiger partial charge in [0.15, 0.2) is 11.4 Å². The molecular weight excluding hydrogens is 344 g/mol. The van der Waals surface area contributed by atoms with Crippen LogP contribution in [0.5, 0.6) is 5.75 Å². The Morgan fingerprint density at radius 3 is 2.52 bits per heavy atom. The van der Waals surface area contributed by atoms with Gasteiger partial charge in [-0.3, -0.25) is 9.59 Å². The molecule has 142 valence electrons. The van der Waals surface area contributed by atoms with Crippen LogP contribution in [-0.4, -0.2) is 46.9 Å². The fraction of sp³-hybridized carbons (Fsp3) is 0.400. The molecule has 0 spiro atoms. The molecule has 1 N–H and O–H groups in total. The zero-order valence-electron chi connectivity index (χ0n) is 15.6. The van der Waals surface area contributed by atoms with E-state index in [1.165, 1.54) is 12.4 Å². The van der Waals surface area contributed by atoms with E-state index in [1.54, 1.807) is 12.0 Å². The lowest BCUT2D eigenvalue weighted by molar-refractivity contribution is 0.0710. The molecule has 0 saturated carbocycles. The lowest BCUT2D eigenvalue weighted by Gasteiger charge is -2.26. The predicted molar refractivity (Wildman–Crippen MR) is 101 cm³/mol. The monoisotopic (exact) mass is 368 g/mol. The lowest BCUT2D eigenvalue weighted by Crippen LogP contribution is -2.38. The van der Waals surface area contributed by atoms with Crippen LogP contribution in [-0.2, 0) is 0 Å². The number of aromatic nitrogens is 2. The third-order valence-electron chi connectivity index (χ3n) is 4.70. The van der Waals surface area contributed by atoms with Crippen molar-refractivity contribution in [2.45, 2.75) is 32.2 Å². The molecule has 1 aliphatic heterocycles. The van der Waals surface area contributed by atoms with Crippen LogP contribution >= 0.6 is 0 Å². The van der Waals surface area contributed by atoms with Crippen LogP contribution in [0.4, 0.5) is 0 Å². The summed E-state index contributed by atoms with van der Waals surface area (Å²) in [5, 5.41) is 2.89. The third-order valence-corrected chi connectivity index (χ3v) is 4.70. The predicted octanol–water partition coefficient (Wildman–Crippen LogP) is 2.60. The minimum absolute atomic E-state index is 0.0582. The van der Waals surface area contributed by atoms with Gasteiger partial charge in [0.05, 0.1) is 13.2 Å². The van der Waals surface area contributed by atoms with Crippen molar-refractivity contribution in [1.82, 2.24) is 20.2 Å². The molecule has 0 unspecified atom stereocenters. The lowest BCUT2D eigenvalue weighted by atomic mass is 10.1. The second-order valence-corrected chi connectivity index (χ2v) is 6.58. The third kappa shape index (κ3) is 4.42. The van der Waals surface area contributed by atoms with Crippen LogP contribution in [0.1, 0.15) is 58.8 Å². The number of methoxy groups -OCH3 is 1. The van der Waals surface area contributed by atoms with Crippen LogP contribution in [0.2, 0.25) is 0 Å². The molecule has 0 bridgehead atoms. The Balaban J connectivity index is 1.77. The summed E-state index contributed by atoms with van der Waals surface area (Å²) < 4.78 is 5.23. The van der Waals surface area contributed by atoms with Gasteiger partial charge in [0.2, 0.25) is 0 Å². The van der Waals surface area contributed by atoms with E-state index in [9.17, 15) is 9.59 Å². The summed E-state index contributed by atoms with van der Waals surface area (Å²) in [6.45, 7) is 3.25. The van der Waals surface area contributed by atoms with Gasteiger partial charge in [0.1, 0.15) is 5.75 Å². The number of carbonyl (C=O) groups is 2. The molecule has 27 heavy (non-hydrogen) atoms. The molecule has 2 aromatic rings. The van der Waals surface area contributed by atoms with Gasteiger partial charge in [-0.15, -0.1) is 0 Å². The summed E-state index contributed by atoms with van der Waals surface area (Å²) >= 11 is 0. The summed E-state index contributed by atoms with van der Waals surface area (Å²) in [5.41, 5.74) is 1.06. The van der Waals surface area contributed by atoms with Gasteiger partial charge in [-0.25, -0.2) is 9.97 Å². The highest BCUT2D eigenvalue weighted by atomic mass is 16.5. The Kier molecular flexibility index (Phi) is 6.01. The van der Waals surface area contributed by atoms with Crippen molar-refractivity contribution in [3.05, 3.63) is 53.6 Å². The van der Waals surface area contributed by atoms with E-state index in [0.717, 1.165) is 24.8 Å². The first-order valence-electron chi connectivity index (χ1n) is 9.15. The van der Waals surface area contributed by atoms with Crippen LogP contribution in [0, 0.1) is 0 Å². The Bertz CT molecular complexity index is 818. The van der Waals surface area contributed by atoms with Crippen molar-refractivity contribution in [3.8, 4) is 5.75 Å². The van der Waals surface area contributed by atoms with E-state index in [0.29, 0.717) is 18.8 Å². The minimum atomic E-state index is -0.418. The highest BCUT2D eigenvalue weighted by Crippen LogP contribution is 2.20. The van der Waals surface area contributed by atoms with Gasteiger partial charge in [-0.05, 0) is 43.9 Å². The maximum absolute atomic E-state index is 12.8. The van der Waals surface area contributed by atoms with Gasteiger partial charge in [-0.1, -0.05) is 12.1 Å². The number of likely N-dealkylation sites (tertiary alicyclic amines) is 1. The first-order valence-corrected chi connectivity index (χ1v) is 9.15. The summed E-state index contributed by atoms with van der Waals surface area (Å²) in [6, 6.07) is 7.21. The number of nitrogens with zero attached hydrogens (tertiary/aromatic N) is 3. The van der Waals surface area contributed by atoms with E-state index >= 15 is 0 Å². The molecule has 7 heteroatoms. The second kappa shape index (κ2) is 8.62. The Hall–Kier alpha value is -2.96. The van der Waals surface area contributed by atoms with E-state index in [-0.39, 0.29) is 23.3 Å². The molecule has 2 heterocycles. The van der Waals surface area contributed by atoms with Gasteiger partial charge in [-0.2, -0.15) is 0 Å². The molecule has 1 aliphatic rings. The largest absolute Gasteiger partial charge is 0.497 e. The van der Waals surface area contributed by atoms with E-state index < -0.39 is 5.91 Å².